The second kappa shape index (κ2) is 6.78. The molecule has 0 aliphatic carbocycles. The standard InChI is InChI=1S/C14H21NO2S/c1-9(2)6-5-7-18-13-12(14(16)17)10(3)8-11(4)15-13/h8-9H,5-7H2,1-4H3,(H,16,17). The first-order chi connectivity index (χ1) is 8.41. The van der Waals surface area contributed by atoms with Crippen LogP contribution in [-0.2, 0) is 0 Å². The molecule has 0 amide bonds. The van der Waals surface area contributed by atoms with Gasteiger partial charge in [-0.1, -0.05) is 20.3 Å². The van der Waals surface area contributed by atoms with Crippen molar-refractivity contribution in [3.63, 3.8) is 0 Å². The van der Waals surface area contributed by atoms with Gasteiger partial charge in [-0.2, -0.15) is 0 Å². The van der Waals surface area contributed by atoms with E-state index >= 15 is 0 Å². The molecule has 0 spiro atoms. The molecule has 0 radical (unpaired) electrons. The molecule has 1 heterocycles. The van der Waals surface area contributed by atoms with Crippen molar-refractivity contribution in [3.8, 4) is 0 Å². The third-order valence-electron chi connectivity index (χ3n) is 2.69. The quantitative estimate of drug-likeness (QED) is 0.627. The van der Waals surface area contributed by atoms with Gasteiger partial charge < -0.3 is 5.11 Å². The Labute approximate surface area is 113 Å². The molecule has 0 unspecified atom stereocenters. The minimum atomic E-state index is -0.883. The van der Waals surface area contributed by atoms with Crippen LogP contribution in [0.4, 0.5) is 0 Å². The number of carboxylic acids is 1. The molecule has 1 rings (SSSR count). The van der Waals surface area contributed by atoms with E-state index in [4.69, 9.17) is 0 Å². The lowest BCUT2D eigenvalue weighted by Gasteiger charge is -2.09. The normalized spacial score (nSPS) is 10.9. The molecule has 1 aromatic rings. The predicted octanol–water partition coefficient (Wildman–Crippen LogP) is 3.92. The maximum atomic E-state index is 11.2. The van der Waals surface area contributed by atoms with Crippen LogP contribution in [0.2, 0.25) is 0 Å². The number of aromatic carboxylic acids is 1. The maximum Gasteiger partial charge on any atom is 0.338 e. The monoisotopic (exact) mass is 267 g/mol. The van der Waals surface area contributed by atoms with E-state index in [1.165, 1.54) is 6.42 Å². The topological polar surface area (TPSA) is 50.2 Å². The lowest BCUT2D eigenvalue weighted by atomic mass is 10.1. The van der Waals surface area contributed by atoms with E-state index in [2.05, 4.69) is 18.8 Å². The number of nitrogens with zero attached hydrogens (tertiary/aromatic N) is 1. The summed E-state index contributed by atoms with van der Waals surface area (Å²) >= 11 is 1.55. The molecule has 4 heteroatoms. The molecule has 3 nitrogen and oxygen atoms in total. The molecule has 18 heavy (non-hydrogen) atoms. The molecule has 0 aliphatic heterocycles. The molecule has 0 atom stereocenters. The summed E-state index contributed by atoms with van der Waals surface area (Å²) in [5, 5.41) is 9.89. The Morgan fingerprint density at radius 1 is 1.44 bits per heavy atom. The average molecular weight is 267 g/mol. The Bertz CT molecular complexity index is 430. The maximum absolute atomic E-state index is 11.2. The fourth-order valence-corrected chi connectivity index (χ4v) is 2.93. The first kappa shape index (κ1) is 15.0. The van der Waals surface area contributed by atoms with Gasteiger partial charge in [0.25, 0.3) is 0 Å². The van der Waals surface area contributed by atoms with Crippen molar-refractivity contribution in [1.82, 2.24) is 4.98 Å². The molecule has 0 fully saturated rings. The Morgan fingerprint density at radius 2 is 2.11 bits per heavy atom. The highest BCUT2D eigenvalue weighted by atomic mass is 32.2. The summed E-state index contributed by atoms with van der Waals surface area (Å²) < 4.78 is 0. The van der Waals surface area contributed by atoms with Crippen molar-refractivity contribution in [2.45, 2.75) is 45.6 Å². The van der Waals surface area contributed by atoms with E-state index in [9.17, 15) is 9.90 Å². The van der Waals surface area contributed by atoms with Gasteiger partial charge in [-0.25, -0.2) is 9.78 Å². The molecule has 1 N–H and O–H groups in total. The number of pyridine rings is 1. The van der Waals surface area contributed by atoms with Crippen LogP contribution in [0.1, 0.15) is 48.3 Å². The molecule has 0 aromatic carbocycles. The lowest BCUT2D eigenvalue weighted by Crippen LogP contribution is -2.05. The van der Waals surface area contributed by atoms with Crippen LogP contribution in [0.15, 0.2) is 11.1 Å². The number of hydrogen-bond donors (Lipinski definition) is 1. The smallest absolute Gasteiger partial charge is 0.338 e. The highest BCUT2D eigenvalue weighted by Gasteiger charge is 2.15. The van der Waals surface area contributed by atoms with Gasteiger partial charge in [0.2, 0.25) is 0 Å². The number of aromatic nitrogens is 1. The molecular formula is C14H21NO2S. The summed E-state index contributed by atoms with van der Waals surface area (Å²) in [5.74, 6) is 0.733. The van der Waals surface area contributed by atoms with Gasteiger partial charge in [0.1, 0.15) is 5.03 Å². The second-order valence-corrected chi connectivity index (χ2v) is 6.03. The summed E-state index contributed by atoms with van der Waals surface area (Å²) in [7, 11) is 0. The van der Waals surface area contributed by atoms with Gasteiger partial charge in [0.05, 0.1) is 5.56 Å². The molecule has 1 aromatic heterocycles. The fourth-order valence-electron chi connectivity index (χ4n) is 1.83. The third kappa shape index (κ3) is 4.33. The average Bonchev–Trinajstić information content (AvgIpc) is 2.22. The van der Waals surface area contributed by atoms with E-state index in [0.717, 1.165) is 23.4 Å². The molecule has 100 valence electrons. The Kier molecular flexibility index (Phi) is 5.66. The number of hydrogen-bond acceptors (Lipinski definition) is 3. The zero-order valence-electron chi connectivity index (χ0n) is 11.5. The van der Waals surface area contributed by atoms with E-state index in [-0.39, 0.29) is 0 Å². The number of aryl methyl sites for hydroxylation is 2. The summed E-state index contributed by atoms with van der Waals surface area (Å²) in [6, 6.07) is 1.82. The molecule has 0 aliphatic rings. The van der Waals surface area contributed by atoms with Crippen molar-refractivity contribution >= 4 is 17.7 Å². The molecule has 0 bridgehead atoms. The largest absolute Gasteiger partial charge is 0.478 e. The number of rotatable bonds is 6. The second-order valence-electron chi connectivity index (χ2n) is 4.95. The summed E-state index contributed by atoms with van der Waals surface area (Å²) in [4.78, 5) is 15.6. The molecule has 0 saturated heterocycles. The van der Waals surface area contributed by atoms with Gasteiger partial charge in [-0.3, -0.25) is 0 Å². The van der Waals surface area contributed by atoms with E-state index in [0.29, 0.717) is 16.5 Å². The summed E-state index contributed by atoms with van der Waals surface area (Å²) in [6.07, 6.45) is 2.26. The van der Waals surface area contributed by atoms with Crippen LogP contribution in [0.25, 0.3) is 0 Å². The number of carbonyl (C=O) groups is 1. The predicted molar refractivity (Wildman–Crippen MR) is 75.5 cm³/mol. The van der Waals surface area contributed by atoms with E-state index in [1.807, 2.05) is 19.9 Å². The Balaban J connectivity index is 2.77. The number of thioether (sulfide) groups is 1. The Hall–Kier alpha value is -1.03. The SMILES string of the molecule is Cc1cc(C)c(C(=O)O)c(SCCCC(C)C)n1. The van der Waals surface area contributed by atoms with Crippen LogP contribution in [0, 0.1) is 19.8 Å². The zero-order chi connectivity index (χ0) is 13.7. The van der Waals surface area contributed by atoms with Crippen LogP contribution in [-0.4, -0.2) is 21.8 Å². The first-order valence-corrected chi connectivity index (χ1v) is 7.24. The van der Waals surface area contributed by atoms with Gasteiger partial charge in [-0.15, -0.1) is 11.8 Å². The van der Waals surface area contributed by atoms with E-state index in [1.54, 1.807) is 11.8 Å². The first-order valence-electron chi connectivity index (χ1n) is 6.26. The van der Waals surface area contributed by atoms with Gasteiger partial charge >= 0.3 is 5.97 Å². The van der Waals surface area contributed by atoms with Crippen molar-refractivity contribution in [2.24, 2.45) is 5.92 Å². The minimum absolute atomic E-state index is 0.357. The van der Waals surface area contributed by atoms with Crippen LogP contribution >= 0.6 is 11.8 Å². The van der Waals surface area contributed by atoms with Crippen LogP contribution < -0.4 is 0 Å². The highest BCUT2D eigenvalue weighted by Crippen LogP contribution is 2.25. The van der Waals surface area contributed by atoms with Gasteiger partial charge in [0, 0.05) is 5.69 Å². The molecular weight excluding hydrogens is 246 g/mol. The Morgan fingerprint density at radius 3 is 2.67 bits per heavy atom. The van der Waals surface area contributed by atoms with E-state index < -0.39 is 5.97 Å². The minimum Gasteiger partial charge on any atom is -0.478 e. The van der Waals surface area contributed by atoms with Crippen molar-refractivity contribution < 1.29 is 9.90 Å². The lowest BCUT2D eigenvalue weighted by molar-refractivity contribution is 0.0691. The summed E-state index contributed by atoms with van der Waals surface area (Å²) in [6.45, 7) is 8.12. The van der Waals surface area contributed by atoms with Crippen molar-refractivity contribution in [3.05, 3.63) is 22.9 Å². The third-order valence-corrected chi connectivity index (χ3v) is 3.75. The summed E-state index contributed by atoms with van der Waals surface area (Å²) in [5.41, 5.74) is 2.03. The fraction of sp³-hybridized carbons (Fsp3) is 0.571. The van der Waals surface area contributed by atoms with Crippen molar-refractivity contribution in [2.75, 3.05) is 5.75 Å². The number of carboxylic acid groups (broad SMARTS) is 1. The molecule has 0 saturated carbocycles. The van der Waals surface area contributed by atoms with Gasteiger partial charge in [-0.05, 0) is 43.6 Å². The van der Waals surface area contributed by atoms with Gasteiger partial charge in [0.15, 0.2) is 0 Å². The van der Waals surface area contributed by atoms with Crippen molar-refractivity contribution in [1.29, 1.82) is 0 Å². The zero-order valence-corrected chi connectivity index (χ0v) is 12.3. The van der Waals surface area contributed by atoms with Crippen LogP contribution in [0.3, 0.4) is 0 Å². The highest BCUT2D eigenvalue weighted by molar-refractivity contribution is 7.99. The van der Waals surface area contributed by atoms with Crippen LogP contribution in [0.5, 0.6) is 0 Å².